The van der Waals surface area contributed by atoms with Gasteiger partial charge >= 0.3 is 0 Å². The topological polar surface area (TPSA) is 111 Å². The Morgan fingerprint density at radius 3 is 2.65 bits per heavy atom. The number of aromatic hydroxyl groups is 1. The summed E-state index contributed by atoms with van der Waals surface area (Å²) in [6.45, 7) is 2.36. The molecule has 1 fully saturated rings. The fourth-order valence-corrected chi connectivity index (χ4v) is 2.94. The Hall–Kier alpha value is -1.84. The highest BCUT2D eigenvalue weighted by Crippen LogP contribution is 2.17. The van der Waals surface area contributed by atoms with E-state index >= 15 is 0 Å². The van der Waals surface area contributed by atoms with Gasteiger partial charge in [-0.2, -0.15) is 0 Å². The van der Waals surface area contributed by atoms with Gasteiger partial charge in [0.05, 0.1) is 38.5 Å². The molecule has 2 N–H and O–H groups in total. The van der Waals surface area contributed by atoms with E-state index in [1.165, 1.54) is 12.1 Å². The third-order valence-electron chi connectivity index (χ3n) is 3.71. The summed E-state index contributed by atoms with van der Waals surface area (Å²) in [5, 5.41) is 9.32. The number of ether oxygens (including phenoxy) is 1. The molecule has 8 nitrogen and oxygen atoms in total. The first-order valence-electron chi connectivity index (χ1n) is 7.30. The summed E-state index contributed by atoms with van der Waals surface area (Å²) in [6, 6.07) is 6.22. The summed E-state index contributed by atoms with van der Waals surface area (Å²) in [4.78, 5) is 14.7. The van der Waals surface area contributed by atoms with Crippen LogP contribution >= 0.6 is 0 Å². The molecular formula is C14H20N2O6S. The van der Waals surface area contributed by atoms with Crippen molar-refractivity contribution >= 4 is 16.0 Å². The van der Waals surface area contributed by atoms with Crippen LogP contribution in [0.5, 0.6) is 11.5 Å². The molecular weight excluding hydrogens is 324 g/mol. The molecule has 128 valence electrons. The number of phenolic OH excluding ortho intramolecular Hbond substituents is 1. The van der Waals surface area contributed by atoms with Gasteiger partial charge in [-0.3, -0.25) is 4.79 Å². The molecule has 9 heteroatoms. The van der Waals surface area contributed by atoms with Gasteiger partial charge in [-0.1, -0.05) is 6.07 Å². The van der Waals surface area contributed by atoms with E-state index in [-0.39, 0.29) is 30.6 Å². The van der Waals surface area contributed by atoms with Gasteiger partial charge in [-0.05, 0) is 12.1 Å². The highest BCUT2D eigenvalue weighted by atomic mass is 32.2. The van der Waals surface area contributed by atoms with Crippen molar-refractivity contribution < 1.29 is 32.5 Å². The van der Waals surface area contributed by atoms with Gasteiger partial charge in [0.1, 0.15) is 21.6 Å². The van der Waals surface area contributed by atoms with E-state index in [1.807, 2.05) is 0 Å². The highest BCUT2D eigenvalue weighted by Gasteiger charge is 2.24. The lowest BCUT2D eigenvalue weighted by molar-refractivity contribution is -0.901. The first-order chi connectivity index (χ1) is 10.8. The third-order valence-corrected chi connectivity index (χ3v) is 4.41. The molecule has 0 spiro atoms. The van der Waals surface area contributed by atoms with Gasteiger partial charge in [-0.25, -0.2) is 8.42 Å². The van der Waals surface area contributed by atoms with Crippen molar-refractivity contribution in [3.8, 4) is 11.5 Å². The first kappa shape index (κ1) is 17.5. The van der Waals surface area contributed by atoms with Crippen LogP contribution < -0.4 is 9.64 Å². The van der Waals surface area contributed by atoms with Crippen molar-refractivity contribution in [2.24, 2.45) is 0 Å². The molecule has 1 aromatic carbocycles. The standard InChI is InChI=1S/C14H20N2O6S/c17-12-2-1-3-13(10-12)22-11-14(18)16-6-4-15(5-7-16)8-9-23(19,20)21/h1-3,10,17H,4-9,11H2,(H,19,20,21). The summed E-state index contributed by atoms with van der Waals surface area (Å²) in [7, 11) is -4.19. The van der Waals surface area contributed by atoms with Crippen LogP contribution in [0.2, 0.25) is 0 Å². The SMILES string of the molecule is O=C(COc1cccc(O)c1)N1CC[NH+](CCS(=O)(=O)[O-])CC1. The zero-order chi connectivity index (χ0) is 16.9. The van der Waals surface area contributed by atoms with E-state index in [4.69, 9.17) is 4.74 Å². The Kier molecular flexibility index (Phi) is 5.80. The zero-order valence-corrected chi connectivity index (χ0v) is 13.4. The molecule has 0 atom stereocenters. The summed E-state index contributed by atoms with van der Waals surface area (Å²) < 4.78 is 37.2. The molecule has 0 radical (unpaired) electrons. The number of amides is 1. The minimum atomic E-state index is -4.19. The van der Waals surface area contributed by atoms with Crippen molar-refractivity contribution in [1.82, 2.24) is 4.90 Å². The van der Waals surface area contributed by atoms with Crippen molar-refractivity contribution in [3.05, 3.63) is 24.3 Å². The van der Waals surface area contributed by atoms with Crippen molar-refractivity contribution in [1.29, 1.82) is 0 Å². The number of rotatable bonds is 6. The monoisotopic (exact) mass is 344 g/mol. The Morgan fingerprint density at radius 1 is 1.35 bits per heavy atom. The van der Waals surface area contributed by atoms with E-state index in [2.05, 4.69) is 0 Å². The average molecular weight is 344 g/mol. The van der Waals surface area contributed by atoms with Crippen molar-refractivity contribution in [3.63, 3.8) is 0 Å². The number of quaternary nitrogens is 1. The first-order valence-corrected chi connectivity index (χ1v) is 8.88. The van der Waals surface area contributed by atoms with E-state index in [9.17, 15) is 22.9 Å². The molecule has 1 heterocycles. The van der Waals surface area contributed by atoms with Crippen LogP contribution in [0.4, 0.5) is 0 Å². The average Bonchev–Trinajstić information content (AvgIpc) is 2.50. The largest absolute Gasteiger partial charge is 0.748 e. The van der Waals surface area contributed by atoms with Crippen LogP contribution in [0.1, 0.15) is 0 Å². The van der Waals surface area contributed by atoms with Crippen molar-refractivity contribution in [2.45, 2.75) is 0 Å². The second kappa shape index (κ2) is 7.62. The maximum atomic E-state index is 12.1. The Labute approximate surface area is 135 Å². The lowest BCUT2D eigenvalue weighted by Crippen LogP contribution is -3.15. The molecule has 0 bridgehead atoms. The zero-order valence-electron chi connectivity index (χ0n) is 12.6. The molecule has 2 rings (SSSR count). The van der Waals surface area contributed by atoms with Crippen LogP contribution in [0.15, 0.2) is 24.3 Å². The summed E-state index contributed by atoms with van der Waals surface area (Å²) in [6.07, 6.45) is 0. The van der Waals surface area contributed by atoms with E-state index in [1.54, 1.807) is 17.0 Å². The minimum Gasteiger partial charge on any atom is -0.748 e. The van der Waals surface area contributed by atoms with E-state index < -0.39 is 10.1 Å². The quantitative estimate of drug-likeness (QED) is 0.580. The van der Waals surface area contributed by atoms with Gasteiger partial charge in [0.15, 0.2) is 6.61 Å². The summed E-state index contributed by atoms with van der Waals surface area (Å²) >= 11 is 0. The van der Waals surface area contributed by atoms with Gasteiger partial charge in [0.25, 0.3) is 5.91 Å². The number of hydrogen-bond acceptors (Lipinski definition) is 6. The number of phenols is 1. The summed E-state index contributed by atoms with van der Waals surface area (Å²) in [5.41, 5.74) is 0. The van der Waals surface area contributed by atoms with Crippen LogP contribution in [0.3, 0.4) is 0 Å². The second-order valence-corrected chi connectivity index (χ2v) is 6.95. The van der Waals surface area contributed by atoms with Gasteiger partial charge in [0, 0.05) is 6.07 Å². The maximum Gasteiger partial charge on any atom is 0.260 e. The van der Waals surface area contributed by atoms with Gasteiger partial charge < -0.3 is 24.2 Å². The molecule has 0 unspecified atom stereocenters. The number of nitrogens with zero attached hydrogens (tertiary/aromatic N) is 1. The fourth-order valence-electron chi connectivity index (χ4n) is 2.40. The molecule has 0 saturated carbocycles. The second-order valence-electron chi connectivity index (χ2n) is 5.43. The Morgan fingerprint density at radius 2 is 2.04 bits per heavy atom. The number of carbonyl (C=O) groups excluding carboxylic acids is 1. The van der Waals surface area contributed by atoms with Crippen molar-refractivity contribution in [2.75, 3.05) is 45.1 Å². The normalized spacial score (nSPS) is 16.3. The Bertz CT molecular complexity index is 640. The molecule has 0 aromatic heterocycles. The maximum absolute atomic E-state index is 12.1. The molecule has 1 amide bonds. The molecule has 1 aliphatic heterocycles. The smallest absolute Gasteiger partial charge is 0.260 e. The van der Waals surface area contributed by atoms with Crippen LogP contribution in [-0.2, 0) is 14.9 Å². The molecule has 0 aliphatic carbocycles. The summed E-state index contributed by atoms with van der Waals surface area (Å²) in [5.74, 6) is -0.0516. The number of benzene rings is 1. The number of hydrogen-bond donors (Lipinski definition) is 2. The van der Waals surface area contributed by atoms with Crippen LogP contribution in [0, 0.1) is 0 Å². The molecule has 1 saturated heterocycles. The van der Waals surface area contributed by atoms with E-state index in [0.717, 1.165) is 4.90 Å². The lowest BCUT2D eigenvalue weighted by Gasteiger charge is -2.32. The Balaban J connectivity index is 1.73. The minimum absolute atomic E-state index is 0.0699. The molecule has 23 heavy (non-hydrogen) atoms. The van der Waals surface area contributed by atoms with E-state index in [0.29, 0.717) is 31.9 Å². The van der Waals surface area contributed by atoms with Gasteiger partial charge in [0.2, 0.25) is 0 Å². The number of carbonyl (C=O) groups is 1. The number of piperazine rings is 1. The van der Waals surface area contributed by atoms with Crippen LogP contribution in [0.25, 0.3) is 0 Å². The fraction of sp³-hybridized carbons (Fsp3) is 0.500. The molecule has 1 aromatic rings. The third kappa shape index (κ3) is 6.05. The van der Waals surface area contributed by atoms with Gasteiger partial charge in [-0.15, -0.1) is 0 Å². The predicted molar refractivity (Wildman–Crippen MR) is 80.3 cm³/mol. The number of nitrogens with one attached hydrogen (secondary N) is 1. The highest BCUT2D eigenvalue weighted by molar-refractivity contribution is 7.85. The molecule has 1 aliphatic rings. The predicted octanol–water partition coefficient (Wildman–Crippen LogP) is -1.96. The lowest BCUT2D eigenvalue weighted by atomic mass is 10.3. The van der Waals surface area contributed by atoms with Crippen LogP contribution in [-0.4, -0.2) is 74.0 Å².